The van der Waals surface area contributed by atoms with Gasteiger partial charge in [-0.1, -0.05) is 11.2 Å². The number of benzene rings is 2. The third-order valence-electron chi connectivity index (χ3n) is 2.68. The highest BCUT2D eigenvalue weighted by molar-refractivity contribution is 5.79. The molecular formula is C14H11NO4. The van der Waals surface area contributed by atoms with E-state index in [1.54, 1.807) is 24.3 Å². The predicted octanol–water partition coefficient (Wildman–Crippen LogP) is 3.02. The summed E-state index contributed by atoms with van der Waals surface area (Å²) >= 11 is 0. The van der Waals surface area contributed by atoms with Crippen LogP contribution in [0, 0.1) is 0 Å². The highest BCUT2D eigenvalue weighted by atomic mass is 16.7. The van der Waals surface area contributed by atoms with Gasteiger partial charge in [-0.3, -0.25) is 0 Å². The second-order valence-electron chi connectivity index (χ2n) is 3.91. The van der Waals surface area contributed by atoms with Crippen LogP contribution < -0.4 is 14.2 Å². The third-order valence-corrected chi connectivity index (χ3v) is 2.68. The van der Waals surface area contributed by atoms with Gasteiger partial charge in [0, 0.05) is 0 Å². The molecule has 0 spiro atoms. The zero-order valence-corrected chi connectivity index (χ0v) is 9.95. The number of fused-ring (bicyclic) bond motifs is 1. The quantitative estimate of drug-likeness (QED) is 0.521. The molecule has 3 rings (SSSR count). The van der Waals surface area contributed by atoms with Gasteiger partial charge in [-0.2, -0.15) is 0 Å². The maximum absolute atomic E-state index is 8.44. The van der Waals surface area contributed by atoms with E-state index in [1.165, 1.54) is 6.21 Å². The van der Waals surface area contributed by atoms with Crippen molar-refractivity contribution in [1.82, 2.24) is 0 Å². The fourth-order valence-electron chi connectivity index (χ4n) is 1.80. The average molecular weight is 257 g/mol. The Kier molecular flexibility index (Phi) is 2.94. The lowest BCUT2D eigenvalue weighted by Gasteiger charge is -2.08. The molecular weight excluding hydrogens is 246 g/mol. The van der Waals surface area contributed by atoms with Gasteiger partial charge in [0.1, 0.15) is 5.75 Å². The largest absolute Gasteiger partial charge is 0.453 e. The lowest BCUT2D eigenvalue weighted by molar-refractivity contribution is 0.172. The molecule has 0 unspecified atom stereocenters. The summed E-state index contributed by atoms with van der Waals surface area (Å²) in [5, 5.41) is 11.4. The van der Waals surface area contributed by atoms with Crippen LogP contribution in [0.15, 0.2) is 47.6 Å². The minimum Gasteiger partial charge on any atom is -0.453 e. The molecule has 2 aromatic carbocycles. The fourth-order valence-corrected chi connectivity index (χ4v) is 1.80. The number of para-hydroxylation sites is 1. The molecule has 0 amide bonds. The van der Waals surface area contributed by atoms with Gasteiger partial charge in [0.05, 0.1) is 6.21 Å². The van der Waals surface area contributed by atoms with Crippen LogP contribution in [0.4, 0.5) is 0 Å². The summed E-state index contributed by atoms with van der Waals surface area (Å²) in [5.74, 6) is 2.57. The molecule has 1 heterocycles. The number of nitrogens with zero attached hydrogens (tertiary/aromatic N) is 1. The maximum atomic E-state index is 8.44. The maximum Gasteiger partial charge on any atom is 0.231 e. The van der Waals surface area contributed by atoms with E-state index in [-0.39, 0.29) is 6.79 Å². The topological polar surface area (TPSA) is 60.3 Å². The van der Waals surface area contributed by atoms with E-state index in [2.05, 4.69) is 5.16 Å². The van der Waals surface area contributed by atoms with Crippen LogP contribution in [-0.2, 0) is 0 Å². The molecule has 1 aliphatic rings. The molecule has 0 atom stereocenters. The van der Waals surface area contributed by atoms with Crippen LogP contribution in [-0.4, -0.2) is 18.2 Å². The van der Waals surface area contributed by atoms with Crippen LogP contribution in [0.25, 0.3) is 0 Å². The Labute approximate surface area is 109 Å². The molecule has 0 saturated heterocycles. The summed E-state index contributed by atoms with van der Waals surface area (Å²) < 4.78 is 16.4. The van der Waals surface area contributed by atoms with Crippen LogP contribution >= 0.6 is 0 Å². The van der Waals surface area contributed by atoms with E-state index in [4.69, 9.17) is 19.4 Å². The van der Waals surface area contributed by atoms with Crippen molar-refractivity contribution in [1.29, 1.82) is 0 Å². The molecule has 0 bridgehead atoms. The Morgan fingerprint density at radius 1 is 1.11 bits per heavy atom. The minimum absolute atomic E-state index is 0.210. The first-order chi connectivity index (χ1) is 9.36. The molecule has 5 nitrogen and oxygen atoms in total. The Hall–Kier alpha value is -2.69. The average Bonchev–Trinajstić information content (AvgIpc) is 2.91. The highest BCUT2D eigenvalue weighted by Gasteiger charge is 2.18. The Morgan fingerprint density at radius 3 is 2.74 bits per heavy atom. The smallest absolute Gasteiger partial charge is 0.231 e. The molecule has 1 N–H and O–H groups in total. The van der Waals surface area contributed by atoms with Gasteiger partial charge < -0.3 is 19.4 Å². The molecule has 0 fully saturated rings. The lowest BCUT2D eigenvalue weighted by atomic mass is 10.2. The second-order valence-corrected chi connectivity index (χ2v) is 3.91. The fraction of sp³-hybridized carbons (Fsp3) is 0.0714. The molecule has 1 aliphatic heterocycles. The van der Waals surface area contributed by atoms with Crippen molar-refractivity contribution < 1.29 is 19.4 Å². The predicted molar refractivity (Wildman–Crippen MR) is 68.5 cm³/mol. The zero-order valence-electron chi connectivity index (χ0n) is 9.95. The lowest BCUT2D eigenvalue weighted by Crippen LogP contribution is -1.94. The van der Waals surface area contributed by atoms with Gasteiger partial charge in [0.2, 0.25) is 12.5 Å². The van der Waals surface area contributed by atoms with Crippen molar-refractivity contribution in [2.75, 3.05) is 6.79 Å². The molecule has 96 valence electrons. The summed E-state index contributed by atoms with van der Waals surface area (Å²) in [4.78, 5) is 0. The standard InChI is InChI=1S/C14H11NO4/c16-15-8-10-4-6-11(7-5-10)19-13-3-1-2-12-14(13)18-9-17-12/h1-8,16H,9H2. The van der Waals surface area contributed by atoms with Crippen LogP contribution in [0.3, 0.4) is 0 Å². The first-order valence-electron chi connectivity index (χ1n) is 5.71. The number of hydrogen-bond acceptors (Lipinski definition) is 5. The normalized spacial score (nSPS) is 12.8. The molecule has 0 aliphatic carbocycles. The zero-order chi connectivity index (χ0) is 13.1. The van der Waals surface area contributed by atoms with E-state index < -0.39 is 0 Å². The van der Waals surface area contributed by atoms with E-state index >= 15 is 0 Å². The van der Waals surface area contributed by atoms with Crippen molar-refractivity contribution in [2.45, 2.75) is 0 Å². The van der Waals surface area contributed by atoms with Crippen LogP contribution in [0.1, 0.15) is 5.56 Å². The molecule has 0 saturated carbocycles. The highest BCUT2D eigenvalue weighted by Crippen LogP contribution is 2.42. The molecule has 0 aromatic heterocycles. The van der Waals surface area contributed by atoms with E-state index in [0.717, 1.165) is 5.56 Å². The molecule has 5 heteroatoms. The van der Waals surface area contributed by atoms with E-state index in [0.29, 0.717) is 23.0 Å². The van der Waals surface area contributed by atoms with E-state index in [9.17, 15) is 0 Å². The Morgan fingerprint density at radius 2 is 1.95 bits per heavy atom. The number of hydrogen-bond donors (Lipinski definition) is 1. The first-order valence-corrected chi connectivity index (χ1v) is 5.71. The van der Waals surface area contributed by atoms with Crippen molar-refractivity contribution >= 4 is 6.21 Å². The summed E-state index contributed by atoms with van der Waals surface area (Å²) in [6.07, 6.45) is 1.35. The third kappa shape index (κ3) is 2.30. The van der Waals surface area contributed by atoms with Gasteiger partial charge in [-0.05, 0) is 42.0 Å². The molecule has 19 heavy (non-hydrogen) atoms. The van der Waals surface area contributed by atoms with Gasteiger partial charge >= 0.3 is 0 Å². The number of oxime groups is 1. The van der Waals surface area contributed by atoms with Crippen molar-refractivity contribution in [3.8, 4) is 23.0 Å². The SMILES string of the molecule is ON=Cc1ccc(Oc2cccc3c2OCO3)cc1. The van der Waals surface area contributed by atoms with Gasteiger partial charge in [0.25, 0.3) is 0 Å². The Bertz CT molecular complexity index is 607. The first kappa shape index (κ1) is 11.4. The van der Waals surface area contributed by atoms with E-state index in [1.807, 2.05) is 18.2 Å². The van der Waals surface area contributed by atoms with Crippen LogP contribution in [0.5, 0.6) is 23.0 Å². The summed E-state index contributed by atoms with van der Waals surface area (Å²) in [7, 11) is 0. The van der Waals surface area contributed by atoms with Crippen LogP contribution in [0.2, 0.25) is 0 Å². The Balaban J connectivity index is 1.83. The van der Waals surface area contributed by atoms with Gasteiger partial charge in [0.15, 0.2) is 11.5 Å². The summed E-state index contributed by atoms with van der Waals surface area (Å²) in [6.45, 7) is 0.210. The number of ether oxygens (including phenoxy) is 3. The summed E-state index contributed by atoms with van der Waals surface area (Å²) in [5.41, 5.74) is 0.785. The second kappa shape index (κ2) is 4.89. The minimum atomic E-state index is 0.210. The van der Waals surface area contributed by atoms with Gasteiger partial charge in [-0.15, -0.1) is 0 Å². The van der Waals surface area contributed by atoms with Crippen molar-refractivity contribution in [3.63, 3.8) is 0 Å². The monoisotopic (exact) mass is 257 g/mol. The van der Waals surface area contributed by atoms with Crippen molar-refractivity contribution in [3.05, 3.63) is 48.0 Å². The van der Waals surface area contributed by atoms with Crippen molar-refractivity contribution in [2.24, 2.45) is 5.16 Å². The molecule has 2 aromatic rings. The number of rotatable bonds is 3. The summed E-state index contributed by atoms with van der Waals surface area (Å²) in [6, 6.07) is 12.6. The molecule has 0 radical (unpaired) electrons. The van der Waals surface area contributed by atoms with Gasteiger partial charge in [-0.25, -0.2) is 0 Å².